The fraction of sp³-hybridized carbons (Fsp3) is 0.953. The van der Waals surface area contributed by atoms with Crippen LogP contribution in [0.1, 0.15) is 362 Å². The molecule has 0 spiro atoms. The second-order valence-corrected chi connectivity index (χ2v) is 23.0. The molecule has 6 nitrogen and oxygen atoms in total. The molecule has 0 radical (unpaired) electrons. The molecule has 0 fully saturated rings. The van der Waals surface area contributed by atoms with Gasteiger partial charge < -0.3 is 14.2 Å². The second kappa shape index (κ2) is 56.7. The van der Waals surface area contributed by atoms with E-state index in [0.29, 0.717) is 19.3 Å². The van der Waals surface area contributed by atoms with Crippen molar-refractivity contribution in [2.45, 2.75) is 368 Å². The zero-order valence-corrected chi connectivity index (χ0v) is 48.2. The van der Waals surface area contributed by atoms with Crippen LogP contribution in [0.15, 0.2) is 0 Å². The Labute approximate surface area is 438 Å². The van der Waals surface area contributed by atoms with Gasteiger partial charge in [-0.1, -0.05) is 324 Å². The number of ether oxygens (including phenoxy) is 3. The maximum atomic E-state index is 12.9. The molecule has 0 saturated carbocycles. The molecule has 0 amide bonds. The van der Waals surface area contributed by atoms with Crippen molar-refractivity contribution in [2.24, 2.45) is 11.8 Å². The van der Waals surface area contributed by atoms with Gasteiger partial charge in [-0.3, -0.25) is 14.4 Å². The summed E-state index contributed by atoms with van der Waals surface area (Å²) >= 11 is 0. The average molecular weight is 990 g/mol. The minimum atomic E-state index is -0.763. The predicted octanol–water partition coefficient (Wildman–Crippen LogP) is 21.2. The molecule has 0 N–H and O–H groups in total. The standard InChI is InChI=1S/C64H124O6/c1-6-7-8-9-10-11-12-13-24-29-34-39-44-49-54-62(65)68-57-61(70-64(67)56-51-46-41-36-31-26-21-17-15-19-23-28-33-38-43-48-53-60(4)5)58-69-63(66)55-50-45-40-35-30-25-20-16-14-18-22-27-32-37-42-47-52-59(2)3/h59-61H,6-58H2,1-5H3/t61-/m0/s1. The predicted molar refractivity (Wildman–Crippen MR) is 303 cm³/mol. The monoisotopic (exact) mass is 989 g/mol. The van der Waals surface area contributed by atoms with E-state index >= 15 is 0 Å². The van der Waals surface area contributed by atoms with Crippen molar-refractivity contribution in [3.8, 4) is 0 Å². The molecule has 416 valence electrons. The second-order valence-electron chi connectivity index (χ2n) is 23.0. The first-order valence-corrected chi connectivity index (χ1v) is 31.7. The minimum Gasteiger partial charge on any atom is -0.462 e. The van der Waals surface area contributed by atoms with Crippen LogP contribution >= 0.6 is 0 Å². The molecular formula is C64H124O6. The van der Waals surface area contributed by atoms with Crippen molar-refractivity contribution in [3.63, 3.8) is 0 Å². The molecule has 0 aliphatic carbocycles. The molecule has 0 aromatic heterocycles. The van der Waals surface area contributed by atoms with E-state index in [1.54, 1.807) is 0 Å². The van der Waals surface area contributed by atoms with Crippen LogP contribution < -0.4 is 0 Å². The van der Waals surface area contributed by atoms with Crippen LogP contribution in [-0.2, 0) is 28.6 Å². The third-order valence-corrected chi connectivity index (χ3v) is 14.7. The summed E-state index contributed by atoms with van der Waals surface area (Å²) in [6.07, 6.45) is 62.4. The lowest BCUT2D eigenvalue weighted by Crippen LogP contribution is -2.30. The lowest BCUT2D eigenvalue weighted by Gasteiger charge is -2.18. The van der Waals surface area contributed by atoms with Gasteiger partial charge in [-0.15, -0.1) is 0 Å². The number of carbonyl (C=O) groups excluding carboxylic acids is 3. The summed E-state index contributed by atoms with van der Waals surface area (Å²) in [6.45, 7) is 11.5. The number of hydrogen-bond acceptors (Lipinski definition) is 6. The van der Waals surface area contributed by atoms with E-state index < -0.39 is 6.10 Å². The van der Waals surface area contributed by atoms with Crippen molar-refractivity contribution in [1.29, 1.82) is 0 Å². The summed E-state index contributed by atoms with van der Waals surface area (Å²) in [7, 11) is 0. The largest absolute Gasteiger partial charge is 0.462 e. The molecule has 0 saturated heterocycles. The van der Waals surface area contributed by atoms with Crippen LogP contribution in [0, 0.1) is 11.8 Å². The van der Waals surface area contributed by atoms with Gasteiger partial charge in [0, 0.05) is 19.3 Å². The number of hydrogen-bond donors (Lipinski definition) is 0. The van der Waals surface area contributed by atoms with E-state index in [1.165, 1.54) is 250 Å². The highest BCUT2D eigenvalue weighted by Gasteiger charge is 2.19. The number of rotatable bonds is 58. The van der Waals surface area contributed by atoms with Crippen LogP contribution in [0.4, 0.5) is 0 Å². The number of carbonyl (C=O) groups is 3. The molecule has 6 heteroatoms. The molecule has 70 heavy (non-hydrogen) atoms. The molecule has 0 heterocycles. The van der Waals surface area contributed by atoms with E-state index in [-0.39, 0.29) is 31.1 Å². The van der Waals surface area contributed by atoms with Gasteiger partial charge in [-0.05, 0) is 31.1 Å². The van der Waals surface area contributed by atoms with Gasteiger partial charge in [0.1, 0.15) is 13.2 Å². The maximum absolute atomic E-state index is 12.9. The van der Waals surface area contributed by atoms with Crippen LogP contribution in [-0.4, -0.2) is 37.2 Å². The summed E-state index contributed by atoms with van der Waals surface area (Å²) in [4.78, 5) is 38.3. The van der Waals surface area contributed by atoms with Gasteiger partial charge in [-0.2, -0.15) is 0 Å². The van der Waals surface area contributed by atoms with Crippen LogP contribution in [0.5, 0.6) is 0 Å². The smallest absolute Gasteiger partial charge is 0.306 e. The normalized spacial score (nSPS) is 12.0. The summed E-state index contributed by atoms with van der Waals surface area (Å²) in [5.41, 5.74) is 0. The Balaban J connectivity index is 4.27. The van der Waals surface area contributed by atoms with Gasteiger partial charge >= 0.3 is 17.9 Å². The van der Waals surface area contributed by atoms with Gasteiger partial charge in [0.05, 0.1) is 0 Å². The topological polar surface area (TPSA) is 78.9 Å². The molecule has 0 aromatic rings. The van der Waals surface area contributed by atoms with E-state index in [9.17, 15) is 14.4 Å². The van der Waals surface area contributed by atoms with E-state index in [1.807, 2.05) is 0 Å². The van der Waals surface area contributed by atoms with E-state index in [0.717, 1.165) is 69.6 Å². The van der Waals surface area contributed by atoms with Crippen molar-refractivity contribution < 1.29 is 28.6 Å². The lowest BCUT2D eigenvalue weighted by atomic mass is 10.0. The Morgan fingerprint density at radius 2 is 0.471 bits per heavy atom. The van der Waals surface area contributed by atoms with Crippen molar-refractivity contribution in [3.05, 3.63) is 0 Å². The molecule has 0 bridgehead atoms. The molecule has 0 unspecified atom stereocenters. The molecular weight excluding hydrogens is 865 g/mol. The highest BCUT2D eigenvalue weighted by atomic mass is 16.6. The maximum Gasteiger partial charge on any atom is 0.306 e. The Bertz CT molecular complexity index is 1070. The molecule has 0 aliphatic heterocycles. The van der Waals surface area contributed by atoms with Gasteiger partial charge in [0.15, 0.2) is 6.10 Å². The van der Waals surface area contributed by atoms with Gasteiger partial charge in [0.25, 0.3) is 0 Å². The van der Waals surface area contributed by atoms with Gasteiger partial charge in [0.2, 0.25) is 0 Å². The third kappa shape index (κ3) is 57.3. The highest BCUT2D eigenvalue weighted by molar-refractivity contribution is 5.71. The fourth-order valence-electron chi connectivity index (χ4n) is 9.93. The Morgan fingerprint density at radius 1 is 0.271 bits per heavy atom. The highest BCUT2D eigenvalue weighted by Crippen LogP contribution is 2.19. The van der Waals surface area contributed by atoms with Crippen molar-refractivity contribution in [1.82, 2.24) is 0 Å². The molecule has 0 aliphatic rings. The Hall–Kier alpha value is -1.59. The Morgan fingerprint density at radius 3 is 0.700 bits per heavy atom. The quantitative estimate of drug-likeness (QED) is 0.0343. The van der Waals surface area contributed by atoms with Crippen LogP contribution in [0.25, 0.3) is 0 Å². The summed E-state index contributed by atoms with van der Waals surface area (Å²) in [5, 5.41) is 0. The van der Waals surface area contributed by atoms with Gasteiger partial charge in [-0.25, -0.2) is 0 Å². The average Bonchev–Trinajstić information content (AvgIpc) is 3.33. The summed E-state index contributed by atoms with van der Waals surface area (Å²) in [5.74, 6) is 0.874. The number of esters is 3. The SMILES string of the molecule is CCCCCCCCCCCCCCCCC(=O)OC[C@@H](COC(=O)CCCCCCCCCCCCCCCCCCC(C)C)OC(=O)CCCCCCCCCCCCCCCCCCC(C)C. The Kier molecular flexibility index (Phi) is 55.4. The third-order valence-electron chi connectivity index (χ3n) is 14.7. The minimum absolute atomic E-state index is 0.0618. The van der Waals surface area contributed by atoms with Crippen LogP contribution in [0.2, 0.25) is 0 Å². The van der Waals surface area contributed by atoms with Crippen molar-refractivity contribution in [2.75, 3.05) is 13.2 Å². The van der Waals surface area contributed by atoms with E-state index in [4.69, 9.17) is 14.2 Å². The summed E-state index contributed by atoms with van der Waals surface area (Å²) < 4.78 is 17.0. The fourth-order valence-corrected chi connectivity index (χ4v) is 9.93. The summed E-state index contributed by atoms with van der Waals surface area (Å²) in [6, 6.07) is 0. The first-order valence-electron chi connectivity index (χ1n) is 31.7. The first-order chi connectivity index (χ1) is 34.2. The van der Waals surface area contributed by atoms with Crippen LogP contribution in [0.3, 0.4) is 0 Å². The lowest BCUT2D eigenvalue weighted by molar-refractivity contribution is -0.167. The van der Waals surface area contributed by atoms with E-state index in [2.05, 4.69) is 34.6 Å². The van der Waals surface area contributed by atoms with Crippen molar-refractivity contribution >= 4 is 17.9 Å². The zero-order chi connectivity index (χ0) is 51.1. The molecule has 0 rings (SSSR count). The molecule has 0 aromatic carbocycles. The molecule has 1 atom stereocenters. The first kappa shape index (κ1) is 68.4. The zero-order valence-electron chi connectivity index (χ0n) is 48.2. The number of unbranched alkanes of at least 4 members (excludes halogenated alkanes) is 43.